The fourth-order valence-corrected chi connectivity index (χ4v) is 1.07. The third-order valence-electron chi connectivity index (χ3n) is 1.72. The van der Waals surface area contributed by atoms with Gasteiger partial charge in [0.1, 0.15) is 22.9 Å². The van der Waals surface area contributed by atoms with Gasteiger partial charge >= 0.3 is 5.97 Å². The number of rotatable bonds is 3. The number of hydrogen-bond donors (Lipinski definition) is 1. The van der Waals surface area contributed by atoms with Crippen molar-refractivity contribution in [2.45, 2.75) is 13.3 Å². The third kappa shape index (κ3) is 2.41. The van der Waals surface area contributed by atoms with Crippen molar-refractivity contribution < 1.29 is 22.7 Å². The molecule has 0 aliphatic rings. The molecule has 0 spiro atoms. The number of aromatic nitrogens is 1. The number of nitrogen functional groups attached to an aromatic ring is 1. The van der Waals surface area contributed by atoms with Crippen LogP contribution >= 0.6 is 0 Å². The molecule has 1 heterocycles. The fraction of sp³-hybridized carbons (Fsp3) is 0.333. The van der Waals surface area contributed by atoms with Gasteiger partial charge in [0, 0.05) is 6.07 Å². The number of alkyl halides is 2. The topological polar surface area (TPSA) is 65.2 Å². The summed E-state index contributed by atoms with van der Waals surface area (Å²) >= 11 is 0. The molecule has 0 amide bonds. The molecule has 0 saturated heterocycles. The first kappa shape index (κ1) is 12.3. The van der Waals surface area contributed by atoms with Gasteiger partial charge in [-0.25, -0.2) is 22.9 Å². The van der Waals surface area contributed by atoms with Crippen molar-refractivity contribution >= 4 is 11.8 Å². The number of hydrogen-bond acceptors (Lipinski definition) is 4. The highest BCUT2D eigenvalue weighted by molar-refractivity contribution is 5.94. The number of pyridine rings is 1. The Kier molecular flexibility index (Phi) is 3.70. The van der Waals surface area contributed by atoms with Gasteiger partial charge in [-0.3, -0.25) is 0 Å². The minimum Gasteiger partial charge on any atom is -0.462 e. The van der Waals surface area contributed by atoms with Gasteiger partial charge in [0.25, 0.3) is 6.43 Å². The predicted octanol–water partition coefficient (Wildman–Crippen LogP) is 1.92. The molecule has 4 nitrogen and oxygen atoms in total. The molecule has 0 fully saturated rings. The molecule has 16 heavy (non-hydrogen) atoms. The lowest BCUT2D eigenvalue weighted by atomic mass is 10.2. The molecular weight excluding hydrogens is 225 g/mol. The molecule has 2 N–H and O–H groups in total. The molecule has 0 aromatic carbocycles. The van der Waals surface area contributed by atoms with Crippen molar-refractivity contribution in [1.29, 1.82) is 0 Å². The zero-order chi connectivity index (χ0) is 12.3. The van der Waals surface area contributed by atoms with Gasteiger partial charge in [0.05, 0.1) is 6.61 Å². The Bertz CT molecular complexity index is 387. The maximum Gasteiger partial charge on any atom is 0.344 e. The van der Waals surface area contributed by atoms with Crippen molar-refractivity contribution in [3.8, 4) is 0 Å². The van der Waals surface area contributed by atoms with Crippen molar-refractivity contribution in [2.75, 3.05) is 12.3 Å². The minimum atomic E-state index is -2.95. The van der Waals surface area contributed by atoms with Gasteiger partial charge in [-0.1, -0.05) is 0 Å². The molecule has 1 rings (SSSR count). The summed E-state index contributed by atoms with van der Waals surface area (Å²) in [7, 11) is 0. The van der Waals surface area contributed by atoms with E-state index in [0.717, 1.165) is 0 Å². The lowest BCUT2D eigenvalue weighted by Gasteiger charge is -2.07. The van der Waals surface area contributed by atoms with Crippen LogP contribution in [0.4, 0.5) is 19.0 Å². The number of nitrogens with two attached hydrogens (primary N) is 1. The van der Waals surface area contributed by atoms with Crippen LogP contribution in [0.2, 0.25) is 0 Å². The summed E-state index contributed by atoms with van der Waals surface area (Å²) < 4.78 is 42.2. The van der Waals surface area contributed by atoms with Crippen molar-refractivity contribution in [3.05, 3.63) is 23.1 Å². The lowest BCUT2D eigenvalue weighted by Crippen LogP contribution is -2.13. The predicted molar refractivity (Wildman–Crippen MR) is 49.5 cm³/mol. The summed E-state index contributed by atoms with van der Waals surface area (Å²) in [4.78, 5) is 14.4. The van der Waals surface area contributed by atoms with Crippen LogP contribution < -0.4 is 5.73 Å². The minimum absolute atomic E-state index is 0.0221. The van der Waals surface area contributed by atoms with Gasteiger partial charge in [-0.2, -0.15) is 0 Å². The maximum atomic E-state index is 13.3. The molecule has 1 aromatic rings. The van der Waals surface area contributed by atoms with E-state index in [2.05, 4.69) is 9.72 Å². The highest BCUT2D eigenvalue weighted by Gasteiger charge is 2.21. The second kappa shape index (κ2) is 4.82. The van der Waals surface area contributed by atoms with Crippen LogP contribution in [0.25, 0.3) is 0 Å². The Morgan fingerprint density at radius 2 is 2.25 bits per heavy atom. The monoisotopic (exact) mass is 234 g/mol. The van der Waals surface area contributed by atoms with Gasteiger partial charge in [0.2, 0.25) is 0 Å². The molecule has 88 valence electrons. The van der Waals surface area contributed by atoms with E-state index in [1.54, 1.807) is 0 Å². The van der Waals surface area contributed by atoms with Crippen molar-refractivity contribution in [1.82, 2.24) is 4.98 Å². The van der Waals surface area contributed by atoms with Gasteiger partial charge in [0.15, 0.2) is 0 Å². The van der Waals surface area contributed by atoms with Crippen molar-refractivity contribution in [3.63, 3.8) is 0 Å². The van der Waals surface area contributed by atoms with Crippen LogP contribution in [0.5, 0.6) is 0 Å². The summed E-state index contributed by atoms with van der Waals surface area (Å²) in [6.07, 6.45) is -2.95. The number of nitrogens with zero attached hydrogens (tertiary/aromatic N) is 1. The van der Waals surface area contributed by atoms with Crippen LogP contribution in [-0.2, 0) is 4.74 Å². The molecule has 0 atom stereocenters. The average molecular weight is 234 g/mol. The standard InChI is InChI=1S/C9H9F3N2O2/c1-2-16-9(15)6-4(10)3-5(7(11)12)14-8(6)13/h3,7H,2H2,1H3,(H2,13,14). The Morgan fingerprint density at radius 3 is 2.69 bits per heavy atom. The third-order valence-corrected chi connectivity index (χ3v) is 1.72. The number of halogens is 3. The van der Waals surface area contributed by atoms with Gasteiger partial charge in [-0.05, 0) is 6.92 Å². The van der Waals surface area contributed by atoms with Crippen LogP contribution in [-0.4, -0.2) is 17.6 Å². The molecule has 0 aliphatic carbocycles. The highest BCUT2D eigenvalue weighted by Crippen LogP contribution is 2.22. The summed E-state index contributed by atoms with van der Waals surface area (Å²) in [5.41, 5.74) is 3.77. The van der Waals surface area contributed by atoms with E-state index in [1.165, 1.54) is 6.92 Å². The molecule has 0 saturated carbocycles. The summed E-state index contributed by atoms with van der Waals surface area (Å²) in [5.74, 6) is -2.79. The zero-order valence-electron chi connectivity index (χ0n) is 8.34. The molecule has 1 aromatic heterocycles. The van der Waals surface area contributed by atoms with Gasteiger partial charge in [-0.15, -0.1) is 0 Å². The second-order valence-corrected chi connectivity index (χ2v) is 2.81. The van der Waals surface area contributed by atoms with Crippen LogP contribution in [0.15, 0.2) is 6.07 Å². The van der Waals surface area contributed by atoms with E-state index in [0.29, 0.717) is 6.07 Å². The fourth-order valence-electron chi connectivity index (χ4n) is 1.07. The number of anilines is 1. The largest absolute Gasteiger partial charge is 0.462 e. The maximum absolute atomic E-state index is 13.3. The number of carbonyl (C=O) groups excluding carboxylic acids is 1. The van der Waals surface area contributed by atoms with E-state index in [-0.39, 0.29) is 6.61 Å². The first-order valence-corrected chi connectivity index (χ1v) is 4.38. The van der Waals surface area contributed by atoms with Crippen LogP contribution in [0.1, 0.15) is 29.4 Å². The Labute approximate surface area is 89.2 Å². The quantitative estimate of drug-likeness (QED) is 0.811. The lowest BCUT2D eigenvalue weighted by molar-refractivity contribution is 0.0521. The molecule has 0 aliphatic heterocycles. The first-order valence-electron chi connectivity index (χ1n) is 4.38. The molecule has 0 unspecified atom stereocenters. The molecule has 7 heteroatoms. The van der Waals surface area contributed by atoms with E-state index < -0.39 is 35.3 Å². The van der Waals surface area contributed by atoms with Crippen molar-refractivity contribution in [2.24, 2.45) is 0 Å². The van der Waals surface area contributed by atoms with E-state index in [1.807, 2.05) is 0 Å². The summed E-state index contributed by atoms with van der Waals surface area (Å²) in [6.45, 7) is 1.54. The molecular formula is C9H9F3N2O2. The van der Waals surface area contributed by atoms with E-state index in [4.69, 9.17) is 5.73 Å². The van der Waals surface area contributed by atoms with Crippen LogP contribution in [0.3, 0.4) is 0 Å². The highest BCUT2D eigenvalue weighted by atomic mass is 19.3. The first-order chi connectivity index (χ1) is 7.47. The second-order valence-electron chi connectivity index (χ2n) is 2.81. The summed E-state index contributed by atoms with van der Waals surface area (Å²) in [6, 6.07) is 0.466. The Hall–Kier alpha value is -1.79. The van der Waals surface area contributed by atoms with E-state index >= 15 is 0 Å². The normalized spacial score (nSPS) is 10.6. The molecule has 0 bridgehead atoms. The SMILES string of the molecule is CCOC(=O)c1c(F)cc(C(F)F)nc1N. The molecule has 0 radical (unpaired) electrons. The van der Waals surface area contributed by atoms with Crippen LogP contribution in [0, 0.1) is 5.82 Å². The van der Waals surface area contributed by atoms with Gasteiger partial charge < -0.3 is 10.5 Å². The Balaban J connectivity index is 3.17. The summed E-state index contributed by atoms with van der Waals surface area (Å²) in [5, 5.41) is 0. The number of carbonyl (C=O) groups is 1. The average Bonchev–Trinajstić information content (AvgIpc) is 2.16. The Morgan fingerprint density at radius 1 is 1.62 bits per heavy atom. The van der Waals surface area contributed by atoms with E-state index in [9.17, 15) is 18.0 Å². The number of ether oxygens (including phenoxy) is 1. The zero-order valence-corrected chi connectivity index (χ0v) is 8.34. The smallest absolute Gasteiger partial charge is 0.344 e. The number of esters is 1.